The summed E-state index contributed by atoms with van der Waals surface area (Å²) < 4.78 is 75.0. The summed E-state index contributed by atoms with van der Waals surface area (Å²) in [7, 11) is 0. The molecule has 0 N–H and O–H groups in total. The van der Waals surface area contributed by atoms with Crippen molar-refractivity contribution in [1.29, 1.82) is 0 Å². The number of aryl methyl sites for hydroxylation is 1. The molecule has 11 heteroatoms. The first-order valence-corrected chi connectivity index (χ1v) is 10.1. The molecule has 0 saturated carbocycles. The summed E-state index contributed by atoms with van der Waals surface area (Å²) in [4.78, 5) is 17.8. The van der Waals surface area contributed by atoms with Gasteiger partial charge in [0, 0.05) is 19.2 Å². The lowest BCUT2D eigenvalue weighted by molar-refractivity contribution is -0.148. The van der Waals surface area contributed by atoms with Crippen LogP contribution < -0.4 is 9.47 Å². The third kappa shape index (κ3) is 5.59. The molecule has 1 aliphatic rings. The van der Waals surface area contributed by atoms with Crippen molar-refractivity contribution in [1.82, 2.24) is 9.88 Å². The number of halogens is 6. The molecular formula is C21H20ClF5N2O3. The summed E-state index contributed by atoms with van der Waals surface area (Å²) in [6.07, 6.45) is -0.983. The van der Waals surface area contributed by atoms with Crippen LogP contribution in [0.3, 0.4) is 0 Å². The van der Waals surface area contributed by atoms with Crippen molar-refractivity contribution >= 4 is 17.5 Å². The van der Waals surface area contributed by atoms with Gasteiger partial charge < -0.3 is 14.4 Å². The number of alkyl halides is 4. The average molecular weight is 479 g/mol. The first-order chi connectivity index (χ1) is 15.1. The SMILES string of the molecule is Cc1cc(C(=O)N2CCCC2)c(F)cc1COc1cnc(OCC(F)(F)C(F)F)c(Cl)c1. The van der Waals surface area contributed by atoms with Gasteiger partial charge in [-0.05, 0) is 43.0 Å². The highest BCUT2D eigenvalue weighted by Gasteiger charge is 2.42. The predicted molar refractivity (Wildman–Crippen MR) is 106 cm³/mol. The van der Waals surface area contributed by atoms with Crippen LogP contribution in [0.5, 0.6) is 11.6 Å². The van der Waals surface area contributed by atoms with Gasteiger partial charge >= 0.3 is 12.3 Å². The Morgan fingerprint density at radius 2 is 1.91 bits per heavy atom. The fourth-order valence-corrected chi connectivity index (χ4v) is 3.33. The van der Waals surface area contributed by atoms with E-state index in [1.165, 1.54) is 18.2 Å². The van der Waals surface area contributed by atoms with Gasteiger partial charge in [-0.3, -0.25) is 4.79 Å². The Bertz CT molecular complexity index is 984. The highest BCUT2D eigenvalue weighted by Crippen LogP contribution is 2.30. The van der Waals surface area contributed by atoms with Gasteiger partial charge in [-0.2, -0.15) is 8.78 Å². The second kappa shape index (κ2) is 9.89. The van der Waals surface area contributed by atoms with E-state index in [-0.39, 0.29) is 28.8 Å². The lowest BCUT2D eigenvalue weighted by atomic mass is 10.0. The fraction of sp³-hybridized carbons (Fsp3) is 0.429. The molecule has 1 aromatic carbocycles. The zero-order chi connectivity index (χ0) is 23.5. The molecule has 0 atom stereocenters. The second-order valence-electron chi connectivity index (χ2n) is 7.35. The maximum absolute atomic E-state index is 14.5. The maximum Gasteiger partial charge on any atom is 0.340 e. The first-order valence-electron chi connectivity index (χ1n) is 9.74. The second-order valence-corrected chi connectivity index (χ2v) is 7.76. The Labute approximate surface area is 186 Å². The third-order valence-corrected chi connectivity index (χ3v) is 5.22. The third-order valence-electron chi connectivity index (χ3n) is 4.95. The molecular weight excluding hydrogens is 459 g/mol. The average Bonchev–Trinajstić information content (AvgIpc) is 3.27. The number of hydrogen-bond acceptors (Lipinski definition) is 4. The van der Waals surface area contributed by atoms with Crippen LogP contribution in [0.2, 0.25) is 5.02 Å². The number of hydrogen-bond donors (Lipinski definition) is 0. The molecule has 2 aromatic rings. The lowest BCUT2D eigenvalue weighted by Crippen LogP contribution is -2.33. The van der Waals surface area contributed by atoms with Crippen molar-refractivity contribution in [2.45, 2.75) is 38.7 Å². The van der Waals surface area contributed by atoms with Crippen LogP contribution in [-0.4, -0.2) is 47.8 Å². The molecule has 0 bridgehead atoms. The van der Waals surface area contributed by atoms with Gasteiger partial charge in [0.05, 0.1) is 11.8 Å². The Morgan fingerprint density at radius 3 is 2.53 bits per heavy atom. The summed E-state index contributed by atoms with van der Waals surface area (Å²) in [6, 6.07) is 3.90. The normalized spacial score (nSPS) is 14.2. The molecule has 0 aliphatic carbocycles. The van der Waals surface area contributed by atoms with Gasteiger partial charge in [0.2, 0.25) is 5.88 Å². The number of benzene rings is 1. The number of nitrogens with zero attached hydrogens (tertiary/aromatic N) is 2. The minimum Gasteiger partial charge on any atom is -0.487 e. The minimum absolute atomic E-state index is 0.0000351. The Hall–Kier alpha value is -2.62. The number of likely N-dealkylation sites (tertiary alicyclic amines) is 1. The molecule has 0 radical (unpaired) electrons. The molecule has 1 aromatic heterocycles. The van der Waals surface area contributed by atoms with E-state index in [2.05, 4.69) is 9.72 Å². The van der Waals surface area contributed by atoms with Crippen molar-refractivity contribution in [2.75, 3.05) is 19.7 Å². The van der Waals surface area contributed by atoms with Gasteiger partial charge in [-0.15, -0.1) is 0 Å². The molecule has 32 heavy (non-hydrogen) atoms. The summed E-state index contributed by atoms with van der Waals surface area (Å²) in [6.45, 7) is 1.26. The lowest BCUT2D eigenvalue weighted by Gasteiger charge is -2.17. The molecule has 174 valence electrons. The van der Waals surface area contributed by atoms with E-state index in [1.807, 2.05) is 0 Å². The largest absolute Gasteiger partial charge is 0.487 e. The molecule has 0 unspecified atom stereocenters. The van der Waals surface area contributed by atoms with Crippen LogP contribution in [0.1, 0.15) is 34.3 Å². The summed E-state index contributed by atoms with van der Waals surface area (Å²) in [5.74, 6) is -5.68. The first kappa shape index (κ1) is 24.0. The molecule has 3 rings (SSSR count). The van der Waals surface area contributed by atoms with Crippen LogP contribution in [-0.2, 0) is 6.61 Å². The number of aromatic nitrogens is 1. The van der Waals surface area contributed by atoms with Gasteiger partial charge in [-0.25, -0.2) is 18.2 Å². The zero-order valence-corrected chi connectivity index (χ0v) is 17.8. The topological polar surface area (TPSA) is 51.7 Å². The molecule has 1 aliphatic heterocycles. The van der Waals surface area contributed by atoms with Crippen molar-refractivity contribution in [3.05, 3.63) is 51.9 Å². The van der Waals surface area contributed by atoms with Gasteiger partial charge in [0.15, 0.2) is 6.61 Å². The molecule has 1 amide bonds. The summed E-state index contributed by atoms with van der Waals surface area (Å²) >= 11 is 5.89. The number of carbonyl (C=O) groups is 1. The van der Waals surface area contributed by atoms with E-state index in [9.17, 15) is 26.7 Å². The monoisotopic (exact) mass is 478 g/mol. The highest BCUT2D eigenvalue weighted by molar-refractivity contribution is 6.31. The van der Waals surface area contributed by atoms with Gasteiger partial charge in [0.25, 0.3) is 5.91 Å². The van der Waals surface area contributed by atoms with Crippen LogP contribution >= 0.6 is 11.6 Å². The number of rotatable bonds is 8. The maximum atomic E-state index is 14.5. The quantitative estimate of drug-likeness (QED) is 0.485. The van der Waals surface area contributed by atoms with E-state index < -0.39 is 30.7 Å². The highest BCUT2D eigenvalue weighted by atomic mass is 35.5. The number of carbonyl (C=O) groups excluding carboxylic acids is 1. The molecule has 1 fully saturated rings. The predicted octanol–water partition coefficient (Wildman–Crippen LogP) is 5.28. The molecule has 1 saturated heterocycles. The van der Waals surface area contributed by atoms with Gasteiger partial charge in [-0.1, -0.05) is 11.6 Å². The van der Waals surface area contributed by atoms with Crippen molar-refractivity contribution in [3.63, 3.8) is 0 Å². The standard InChI is InChI=1S/C21H20ClF5N2O3/c1-12-6-15(19(30)29-4-2-3-5-29)17(23)7-13(12)10-31-14-8-16(22)18(28-9-14)32-11-21(26,27)20(24)25/h6-9,20H,2-5,10-11H2,1H3. The van der Waals surface area contributed by atoms with E-state index in [1.54, 1.807) is 11.8 Å². The Balaban J connectivity index is 1.64. The van der Waals surface area contributed by atoms with E-state index in [0.717, 1.165) is 19.0 Å². The zero-order valence-electron chi connectivity index (χ0n) is 17.0. The van der Waals surface area contributed by atoms with Crippen LogP contribution in [0.15, 0.2) is 24.4 Å². The summed E-state index contributed by atoms with van der Waals surface area (Å²) in [5, 5.41) is -0.220. The number of ether oxygens (including phenoxy) is 2. The molecule has 5 nitrogen and oxygen atoms in total. The smallest absolute Gasteiger partial charge is 0.340 e. The van der Waals surface area contributed by atoms with Crippen LogP contribution in [0.25, 0.3) is 0 Å². The van der Waals surface area contributed by atoms with Crippen LogP contribution in [0.4, 0.5) is 22.0 Å². The van der Waals surface area contributed by atoms with E-state index in [0.29, 0.717) is 24.2 Å². The Morgan fingerprint density at radius 1 is 1.22 bits per heavy atom. The fourth-order valence-electron chi connectivity index (χ4n) is 3.11. The van der Waals surface area contributed by atoms with Gasteiger partial charge in [0.1, 0.15) is 23.2 Å². The Kier molecular flexibility index (Phi) is 7.43. The minimum atomic E-state index is -4.34. The van der Waals surface area contributed by atoms with Crippen molar-refractivity contribution in [2.24, 2.45) is 0 Å². The van der Waals surface area contributed by atoms with Crippen molar-refractivity contribution in [3.8, 4) is 11.6 Å². The number of pyridine rings is 1. The van der Waals surface area contributed by atoms with Crippen molar-refractivity contribution < 1.29 is 36.2 Å². The van der Waals surface area contributed by atoms with Crippen LogP contribution in [0, 0.1) is 12.7 Å². The molecule has 0 spiro atoms. The van der Waals surface area contributed by atoms with E-state index >= 15 is 0 Å². The summed E-state index contributed by atoms with van der Waals surface area (Å²) in [5.41, 5.74) is 1.12. The van der Waals surface area contributed by atoms with E-state index in [4.69, 9.17) is 16.3 Å². The molecule has 2 heterocycles. The number of amides is 1.